The van der Waals surface area contributed by atoms with Crippen molar-refractivity contribution in [2.45, 2.75) is 12.4 Å². The first-order chi connectivity index (χ1) is 8.51. The highest BCUT2D eigenvalue weighted by Crippen LogP contribution is 2.37. The highest BCUT2D eigenvalue weighted by atomic mass is 79.9. The number of hydrogen-bond donors (Lipinski definition) is 0. The van der Waals surface area contributed by atoms with Gasteiger partial charge in [-0.1, -0.05) is 0 Å². The summed E-state index contributed by atoms with van der Waals surface area (Å²) < 4.78 is 76.1. The summed E-state index contributed by atoms with van der Waals surface area (Å²) in [7, 11) is 1.02. The minimum atomic E-state index is -4.73. The summed E-state index contributed by atoms with van der Waals surface area (Å²) in [5, 5.41) is 0. The van der Waals surface area contributed by atoms with Gasteiger partial charge in [-0.15, -0.1) is 0 Å². The predicted molar refractivity (Wildman–Crippen MR) is 58.4 cm³/mol. The topological polar surface area (TPSA) is 17.8 Å². The summed E-state index contributed by atoms with van der Waals surface area (Å²) in [5.74, 6) is -1.25. The number of aromatic nitrogens is 2. The van der Waals surface area contributed by atoms with Crippen molar-refractivity contribution >= 4 is 27.0 Å². The Labute approximate surface area is 111 Å². The smallest absolute Gasteiger partial charge is 0.323 e. The molecule has 0 atom stereocenters. The Morgan fingerprint density at radius 2 is 1.63 bits per heavy atom. The molecule has 0 saturated carbocycles. The molecule has 0 aliphatic carbocycles. The largest absolute Gasteiger partial charge is 0.449 e. The predicted octanol–water partition coefficient (Wildman–Crippen LogP) is 4.37. The maximum atomic E-state index is 12.6. The normalized spacial score (nSPS) is 13.3. The van der Waals surface area contributed by atoms with E-state index in [1.807, 2.05) is 0 Å². The van der Waals surface area contributed by atoms with Gasteiger partial charge in [0.2, 0.25) is 5.82 Å². The summed E-state index contributed by atoms with van der Waals surface area (Å²) in [4.78, 5) is 3.33. The zero-order valence-electron chi connectivity index (χ0n) is 9.19. The van der Waals surface area contributed by atoms with E-state index in [-0.39, 0.29) is 15.5 Å². The maximum Gasteiger partial charge on any atom is 0.449 e. The fraction of sp³-hybridized carbons (Fsp3) is 0.300. The summed E-state index contributed by atoms with van der Waals surface area (Å²) in [5.41, 5.74) is -1.44. The van der Waals surface area contributed by atoms with Crippen LogP contribution in [-0.2, 0) is 19.4 Å². The molecule has 0 N–H and O–H groups in total. The van der Waals surface area contributed by atoms with Crippen molar-refractivity contribution in [1.29, 1.82) is 0 Å². The lowest BCUT2D eigenvalue weighted by molar-refractivity contribution is -0.146. The Balaban J connectivity index is 2.79. The average Bonchev–Trinajstić information content (AvgIpc) is 2.55. The summed E-state index contributed by atoms with van der Waals surface area (Å²) in [6.07, 6.45) is -9.37. The van der Waals surface area contributed by atoms with E-state index in [1.54, 1.807) is 0 Å². The zero-order chi connectivity index (χ0) is 14.6. The fourth-order valence-electron chi connectivity index (χ4n) is 1.66. The summed E-state index contributed by atoms with van der Waals surface area (Å²) >= 11 is 2.81. The van der Waals surface area contributed by atoms with Gasteiger partial charge in [-0.2, -0.15) is 26.3 Å². The molecule has 9 heteroatoms. The van der Waals surface area contributed by atoms with E-state index in [2.05, 4.69) is 20.9 Å². The van der Waals surface area contributed by atoms with Gasteiger partial charge >= 0.3 is 12.4 Å². The molecular weight excluding hydrogens is 342 g/mol. The van der Waals surface area contributed by atoms with Crippen LogP contribution in [-0.4, -0.2) is 9.55 Å². The van der Waals surface area contributed by atoms with Crippen LogP contribution in [0.4, 0.5) is 26.3 Å². The highest BCUT2D eigenvalue weighted by Gasteiger charge is 2.38. The first-order valence-corrected chi connectivity index (χ1v) is 5.61. The zero-order valence-corrected chi connectivity index (χ0v) is 10.8. The summed E-state index contributed by atoms with van der Waals surface area (Å²) in [6, 6.07) is 1.35. The van der Waals surface area contributed by atoms with E-state index in [4.69, 9.17) is 0 Å². The Hall–Kier alpha value is -1.25. The molecule has 1 aromatic heterocycles. The van der Waals surface area contributed by atoms with E-state index in [0.717, 1.165) is 7.05 Å². The average molecular weight is 347 g/mol. The molecule has 0 spiro atoms. The highest BCUT2D eigenvalue weighted by molar-refractivity contribution is 9.10. The van der Waals surface area contributed by atoms with Gasteiger partial charge in [0.05, 0.1) is 11.1 Å². The third-order valence-electron chi connectivity index (χ3n) is 2.52. The second kappa shape index (κ2) is 4.12. The number of hydrogen-bond acceptors (Lipinski definition) is 1. The number of nitrogens with zero attached hydrogens (tertiary/aromatic N) is 2. The van der Waals surface area contributed by atoms with Gasteiger partial charge in [-0.25, -0.2) is 4.98 Å². The molecule has 104 valence electrons. The fourth-order valence-corrected chi connectivity index (χ4v) is 2.20. The molecular formula is C10H5BrF6N2. The molecule has 1 heterocycles. The second-order valence-corrected chi connectivity index (χ2v) is 4.67. The van der Waals surface area contributed by atoms with Gasteiger partial charge < -0.3 is 4.57 Å². The molecule has 0 bridgehead atoms. The third kappa shape index (κ3) is 2.43. The summed E-state index contributed by atoms with van der Waals surface area (Å²) in [6.45, 7) is 0. The molecule has 0 amide bonds. The molecule has 0 radical (unpaired) electrons. The molecule has 0 aliphatic rings. The molecule has 0 saturated heterocycles. The Bertz CT molecular complexity index is 640. The quantitative estimate of drug-likeness (QED) is 0.647. The van der Waals surface area contributed by atoms with Gasteiger partial charge in [0, 0.05) is 11.5 Å². The molecule has 0 fully saturated rings. The third-order valence-corrected chi connectivity index (χ3v) is 3.13. The lowest BCUT2D eigenvalue weighted by Gasteiger charge is -2.08. The van der Waals surface area contributed by atoms with E-state index in [0.29, 0.717) is 16.7 Å². The van der Waals surface area contributed by atoms with Crippen molar-refractivity contribution in [3.63, 3.8) is 0 Å². The Kier molecular flexibility index (Phi) is 3.07. The van der Waals surface area contributed by atoms with E-state index in [1.165, 1.54) is 0 Å². The van der Waals surface area contributed by atoms with Crippen molar-refractivity contribution < 1.29 is 26.3 Å². The number of benzene rings is 1. The van der Waals surface area contributed by atoms with Crippen LogP contribution in [0.15, 0.2) is 16.6 Å². The van der Waals surface area contributed by atoms with Gasteiger partial charge in [0.1, 0.15) is 5.52 Å². The van der Waals surface area contributed by atoms with Gasteiger partial charge in [-0.05, 0) is 28.1 Å². The SMILES string of the molecule is Cn1c(C(F)(F)F)nc2c(Br)cc(C(F)(F)F)cc21. The molecule has 2 rings (SSSR count). The number of aryl methyl sites for hydroxylation is 1. The van der Waals surface area contributed by atoms with Crippen molar-refractivity contribution in [2.24, 2.45) is 7.05 Å². The number of fused-ring (bicyclic) bond motifs is 1. The number of halogens is 7. The van der Waals surface area contributed by atoms with Crippen LogP contribution in [0.3, 0.4) is 0 Å². The lowest BCUT2D eigenvalue weighted by atomic mass is 10.2. The Morgan fingerprint density at radius 1 is 1.05 bits per heavy atom. The first kappa shape index (κ1) is 14.2. The van der Waals surface area contributed by atoms with E-state index < -0.39 is 23.7 Å². The molecule has 2 aromatic rings. The van der Waals surface area contributed by atoms with Gasteiger partial charge in [0.25, 0.3) is 0 Å². The van der Waals surface area contributed by atoms with Crippen molar-refractivity contribution in [1.82, 2.24) is 9.55 Å². The van der Waals surface area contributed by atoms with Crippen molar-refractivity contribution in [3.8, 4) is 0 Å². The van der Waals surface area contributed by atoms with Crippen LogP contribution >= 0.6 is 15.9 Å². The minimum Gasteiger partial charge on any atom is -0.323 e. The lowest BCUT2D eigenvalue weighted by Crippen LogP contribution is -2.12. The second-order valence-electron chi connectivity index (χ2n) is 3.82. The monoisotopic (exact) mass is 346 g/mol. The van der Waals surface area contributed by atoms with Crippen LogP contribution in [0.5, 0.6) is 0 Å². The molecule has 19 heavy (non-hydrogen) atoms. The molecule has 0 aliphatic heterocycles. The van der Waals surface area contributed by atoms with E-state index in [9.17, 15) is 26.3 Å². The molecule has 1 aromatic carbocycles. The van der Waals surface area contributed by atoms with Crippen molar-refractivity contribution in [2.75, 3.05) is 0 Å². The van der Waals surface area contributed by atoms with Gasteiger partial charge in [-0.3, -0.25) is 0 Å². The van der Waals surface area contributed by atoms with Crippen LogP contribution in [0.1, 0.15) is 11.4 Å². The number of alkyl halides is 6. The van der Waals surface area contributed by atoms with Gasteiger partial charge in [0.15, 0.2) is 0 Å². The van der Waals surface area contributed by atoms with Crippen LogP contribution in [0.25, 0.3) is 11.0 Å². The van der Waals surface area contributed by atoms with Crippen LogP contribution in [0.2, 0.25) is 0 Å². The standard InChI is InChI=1S/C10H5BrF6N2/c1-19-6-3-4(9(12,13)14)2-5(11)7(6)18-8(19)10(15,16)17/h2-3H,1H3. The molecule has 0 unspecified atom stereocenters. The van der Waals surface area contributed by atoms with Crippen molar-refractivity contribution in [3.05, 3.63) is 28.0 Å². The number of imidazole rings is 1. The van der Waals surface area contributed by atoms with E-state index >= 15 is 0 Å². The van der Waals surface area contributed by atoms with Crippen LogP contribution in [0, 0.1) is 0 Å². The minimum absolute atomic E-state index is 0.136. The maximum absolute atomic E-state index is 12.6. The Morgan fingerprint density at radius 3 is 2.11 bits per heavy atom. The first-order valence-electron chi connectivity index (χ1n) is 4.82. The molecule has 2 nitrogen and oxygen atoms in total. The number of rotatable bonds is 0. The van der Waals surface area contributed by atoms with Crippen LogP contribution < -0.4 is 0 Å².